The molecule has 0 atom stereocenters. The third kappa shape index (κ3) is 13.5. The number of fused-ring (bicyclic) bond motifs is 20. The Labute approximate surface area is 848 Å². The van der Waals surface area contributed by atoms with Crippen molar-refractivity contribution >= 4 is 115 Å². The van der Waals surface area contributed by atoms with Crippen LogP contribution in [0.15, 0.2) is 467 Å². The van der Waals surface area contributed by atoms with Gasteiger partial charge in [-0.2, -0.15) is 0 Å². The van der Waals surface area contributed by atoms with Crippen LogP contribution in [-0.2, 0) is 28.1 Å². The number of para-hydroxylation sites is 3. The van der Waals surface area contributed by atoms with Gasteiger partial charge in [0.2, 0.25) is 0 Å². The molecule has 3 nitrogen and oxygen atoms in total. The van der Waals surface area contributed by atoms with E-state index in [0.29, 0.717) is 0 Å². The van der Waals surface area contributed by atoms with Crippen LogP contribution in [0.2, 0.25) is 0 Å². The Kier molecular flexibility index (Phi) is 20.3. The maximum absolute atomic E-state index is 4.66. The first-order chi connectivity index (χ1) is 71.1. The zero-order chi connectivity index (χ0) is 97.3. The number of aryl methyl sites for hydroxylation is 1. The molecule has 690 valence electrons. The van der Waals surface area contributed by atoms with E-state index in [1.165, 1.54) is 276 Å². The van der Waals surface area contributed by atoms with Gasteiger partial charge in [0.05, 0.1) is 22.7 Å². The highest BCUT2D eigenvalue weighted by Crippen LogP contribution is 2.63. The molecule has 0 bridgehead atoms. The first-order valence-corrected chi connectivity index (χ1v) is 51.5. The van der Waals surface area contributed by atoms with Crippen LogP contribution in [0.4, 0.5) is 28.4 Å². The van der Waals surface area contributed by atoms with Gasteiger partial charge in [-0.15, -0.1) is 0 Å². The summed E-state index contributed by atoms with van der Waals surface area (Å²) in [5.41, 5.74) is 44.3. The fourth-order valence-electron chi connectivity index (χ4n) is 26.3. The lowest BCUT2D eigenvalue weighted by Crippen LogP contribution is -2.30. The van der Waals surface area contributed by atoms with Crippen molar-refractivity contribution < 1.29 is 0 Å². The molecule has 0 saturated heterocycles. The minimum absolute atomic E-state index is 0.0554. The lowest BCUT2D eigenvalue weighted by Gasteiger charge is -2.42. The maximum atomic E-state index is 4.66. The van der Waals surface area contributed by atoms with Crippen LogP contribution in [0.1, 0.15) is 112 Å². The monoisotopic (exact) mass is 1850 g/mol. The highest BCUT2D eigenvalue weighted by molar-refractivity contribution is 6.30. The third-order valence-electron chi connectivity index (χ3n) is 33.1. The van der Waals surface area contributed by atoms with Crippen LogP contribution < -0.4 is 9.80 Å². The molecule has 29 rings (SSSR count). The second-order valence-electron chi connectivity index (χ2n) is 42.4. The van der Waals surface area contributed by atoms with Crippen molar-refractivity contribution in [1.82, 2.24) is 4.98 Å². The van der Waals surface area contributed by atoms with Crippen LogP contribution in [0.3, 0.4) is 0 Å². The normalized spacial score (nSPS) is 14.3. The van der Waals surface area contributed by atoms with Crippen LogP contribution in [0, 0.1) is 0 Å². The third-order valence-corrected chi connectivity index (χ3v) is 33.1. The van der Waals surface area contributed by atoms with Gasteiger partial charge in [0.25, 0.3) is 0 Å². The van der Waals surface area contributed by atoms with Crippen LogP contribution in [0.5, 0.6) is 0 Å². The van der Waals surface area contributed by atoms with Crippen molar-refractivity contribution in [2.45, 2.75) is 89.9 Å². The maximum Gasteiger partial charge on any atom is 0.0619 e. The molecule has 0 saturated carbocycles. The van der Waals surface area contributed by atoms with E-state index in [4.69, 9.17) is 0 Å². The quantitative estimate of drug-likeness (QED) is 0.134. The van der Waals surface area contributed by atoms with Crippen molar-refractivity contribution in [2.24, 2.45) is 0 Å². The molecule has 0 fully saturated rings. The number of aromatic nitrogens is 1. The highest BCUT2D eigenvalue weighted by atomic mass is 15.2. The largest absolute Gasteiger partial charge is 0.340 e. The Morgan fingerprint density at radius 3 is 0.979 bits per heavy atom. The molecular formula is C142H107N3. The average Bonchev–Trinajstić information content (AvgIpc) is 0.869. The number of benzene rings is 23. The smallest absolute Gasteiger partial charge is 0.0619 e. The van der Waals surface area contributed by atoms with Gasteiger partial charge < -0.3 is 9.80 Å². The van der Waals surface area contributed by atoms with Gasteiger partial charge in [-0.1, -0.05) is 462 Å². The summed E-state index contributed by atoms with van der Waals surface area (Å²) in [6, 6.07) is 169. The van der Waals surface area contributed by atoms with Gasteiger partial charge in [0, 0.05) is 78.8 Å². The SMILES string of the molecule is CC1(C)c2ccccc2-c2c(-c3c4ccccc4c(-c4c5ccccc5cc5ccncc45)c4ccc(-c5ccccc5)cc34)cccc21.CC1(C)c2ccccc2-c2c(-c3c4ccccc4c(N4CCCc5ccccc54)c4ccc(-c5ccccc5)cc34)cccc21.CC1(C)c2ccccc2N(c2c3ccccc3c(-c3cccc4c3-c3ccccc3C4(C)C)c3cc(-c4ccccc4)ccc23)c2ccccc21. The van der Waals surface area contributed by atoms with Crippen LogP contribution in [-0.4, -0.2) is 11.5 Å². The zero-order valence-corrected chi connectivity index (χ0v) is 82.9. The fraction of sp³-hybridized carbons (Fsp3) is 0.106. The standard InChI is InChI=1S/C50H39N.C48H33N.C44H35N/c1-49(2)40-23-11-10-21-37(40)47-38(22-16-26-43(47)49)46-34-19-8-9-20-35(34)48(36-30-29-33(31-39(36)46)32-17-6-5-7-18-32)51-44-27-14-12-24-41(44)50(3,4)42-25-13-15-28-45(42)51;1-48(2)42-21-11-10-19-38(42)45-39(20-12-22-43(45)48)44-35-17-8-9-18-36(35)47(37-24-23-31(28-40(37)44)30-13-4-3-5-14-30)46-34-16-7-6-15-32(34)27-33-25-26-49-29-41(33)46;1-44(2)38-22-10-9-20-35(38)42-36(21-12-23-39(42)44)41-32-18-7-8-19-33(32)43(45-27-13-17-30-16-6-11-24-40(30)45)34-26-25-31(28-37(34)41)29-14-4-3-5-15-29/h5-31H,1-4H3;3-29H,1-2H3;3-12,14-16,18-26,28H,13,17,27H2,1-2H3. The number of pyridine rings is 1. The molecule has 0 amide bonds. The molecule has 0 unspecified atom stereocenters. The molecule has 3 heteroatoms. The summed E-state index contributed by atoms with van der Waals surface area (Å²) in [6.07, 6.45) is 6.23. The Hall–Kier alpha value is -17.1. The summed E-state index contributed by atoms with van der Waals surface area (Å²) < 4.78 is 0. The number of anilines is 5. The second-order valence-corrected chi connectivity index (χ2v) is 42.4. The Morgan fingerprint density at radius 1 is 0.200 bits per heavy atom. The van der Waals surface area contributed by atoms with E-state index < -0.39 is 0 Å². The van der Waals surface area contributed by atoms with E-state index in [9.17, 15) is 0 Å². The average molecular weight is 1860 g/mol. The minimum Gasteiger partial charge on any atom is -0.340 e. The van der Waals surface area contributed by atoms with Gasteiger partial charge >= 0.3 is 0 Å². The summed E-state index contributed by atoms with van der Waals surface area (Å²) in [7, 11) is 0. The molecule has 0 radical (unpaired) electrons. The number of hydrogen-bond acceptors (Lipinski definition) is 3. The van der Waals surface area contributed by atoms with Crippen LogP contribution >= 0.6 is 0 Å². The van der Waals surface area contributed by atoms with Crippen molar-refractivity contribution in [3.63, 3.8) is 0 Å². The number of nitrogens with zero attached hydrogens (tertiary/aromatic N) is 3. The molecule has 0 spiro atoms. The topological polar surface area (TPSA) is 19.4 Å². The van der Waals surface area contributed by atoms with E-state index in [1.807, 2.05) is 12.4 Å². The summed E-state index contributed by atoms with van der Waals surface area (Å²) >= 11 is 0. The predicted molar refractivity (Wildman–Crippen MR) is 616 cm³/mol. The molecule has 3 heterocycles. The van der Waals surface area contributed by atoms with Crippen molar-refractivity contribution in [1.29, 1.82) is 0 Å². The van der Waals surface area contributed by atoms with Crippen LogP contribution in [0.25, 0.3) is 197 Å². The van der Waals surface area contributed by atoms with E-state index in [-0.39, 0.29) is 21.7 Å². The summed E-state index contributed by atoms with van der Waals surface area (Å²) in [5, 5.41) is 20.1. The molecule has 5 aliphatic rings. The van der Waals surface area contributed by atoms with Crippen molar-refractivity contribution in [2.75, 3.05) is 16.3 Å². The van der Waals surface area contributed by atoms with Gasteiger partial charge in [-0.25, -0.2) is 0 Å². The van der Waals surface area contributed by atoms with E-state index >= 15 is 0 Å². The minimum atomic E-state index is -0.138. The molecule has 0 N–H and O–H groups in total. The Morgan fingerprint density at radius 2 is 0.510 bits per heavy atom. The Bertz CT molecular complexity index is 9380. The predicted octanol–water partition coefficient (Wildman–Crippen LogP) is 38.5. The van der Waals surface area contributed by atoms with E-state index in [2.05, 4.69) is 525 Å². The first-order valence-electron chi connectivity index (χ1n) is 51.5. The van der Waals surface area contributed by atoms with E-state index in [0.717, 1.165) is 19.4 Å². The van der Waals surface area contributed by atoms with E-state index in [1.54, 1.807) is 0 Å². The molecular weight excluding hydrogens is 1750 g/mol. The lowest BCUT2D eigenvalue weighted by molar-refractivity contribution is 0.632. The molecule has 145 heavy (non-hydrogen) atoms. The molecule has 24 aromatic rings. The first kappa shape index (κ1) is 87.0. The molecule has 23 aromatic carbocycles. The summed E-state index contributed by atoms with van der Waals surface area (Å²) in [4.78, 5) is 9.82. The highest BCUT2D eigenvalue weighted by Gasteiger charge is 2.44. The fourth-order valence-corrected chi connectivity index (χ4v) is 26.3. The van der Waals surface area contributed by atoms with Crippen molar-refractivity contribution in [3.8, 4) is 111 Å². The van der Waals surface area contributed by atoms with Crippen molar-refractivity contribution in [3.05, 3.63) is 517 Å². The summed E-state index contributed by atoms with van der Waals surface area (Å²) in [5.74, 6) is 0. The molecule has 3 aliphatic carbocycles. The second kappa shape index (κ2) is 33.8. The van der Waals surface area contributed by atoms with Gasteiger partial charge in [-0.3, -0.25) is 4.98 Å². The van der Waals surface area contributed by atoms with Gasteiger partial charge in [0.1, 0.15) is 0 Å². The molecule has 2 aliphatic heterocycles. The molecule has 1 aromatic heterocycles. The zero-order valence-electron chi connectivity index (χ0n) is 82.9. The number of rotatable bonds is 9. The van der Waals surface area contributed by atoms with Gasteiger partial charge in [-0.05, 0) is 276 Å². The number of hydrogen-bond donors (Lipinski definition) is 0. The lowest BCUT2D eigenvalue weighted by atomic mass is 9.73. The Balaban J connectivity index is 0.000000108. The van der Waals surface area contributed by atoms with Gasteiger partial charge in [0.15, 0.2) is 0 Å². The summed E-state index contributed by atoms with van der Waals surface area (Å²) in [6.45, 7) is 20.0.